The SMILES string of the molecule is CCCCC(=O)O/N=C(/Cn1ccnc1)c1ccc2ccccc2c1.Cl. The Morgan fingerprint density at radius 1 is 1.19 bits per heavy atom. The Morgan fingerprint density at radius 2 is 2.00 bits per heavy atom. The molecule has 26 heavy (non-hydrogen) atoms. The van der Waals surface area contributed by atoms with Crippen molar-refractivity contribution >= 4 is 34.9 Å². The molecule has 0 bridgehead atoms. The molecular formula is C20H22ClN3O2. The number of imidazole rings is 1. The fraction of sp³-hybridized carbons (Fsp3) is 0.250. The maximum atomic E-state index is 11.8. The normalized spacial score (nSPS) is 11.2. The molecule has 0 saturated heterocycles. The van der Waals surface area contributed by atoms with Gasteiger partial charge in [0.05, 0.1) is 12.9 Å². The summed E-state index contributed by atoms with van der Waals surface area (Å²) in [7, 11) is 0. The molecule has 1 aromatic heterocycles. The third-order valence-corrected chi connectivity index (χ3v) is 3.97. The molecule has 0 N–H and O–H groups in total. The first kappa shape index (κ1) is 19.7. The Bertz CT molecular complexity index is 876. The first-order valence-corrected chi connectivity index (χ1v) is 8.48. The van der Waals surface area contributed by atoms with E-state index in [4.69, 9.17) is 4.84 Å². The van der Waals surface area contributed by atoms with Gasteiger partial charge in [0.25, 0.3) is 0 Å². The lowest BCUT2D eigenvalue weighted by molar-refractivity contribution is -0.143. The van der Waals surface area contributed by atoms with Gasteiger partial charge in [0.15, 0.2) is 0 Å². The monoisotopic (exact) mass is 371 g/mol. The van der Waals surface area contributed by atoms with Crippen molar-refractivity contribution in [2.24, 2.45) is 5.16 Å². The van der Waals surface area contributed by atoms with Gasteiger partial charge in [0.1, 0.15) is 5.71 Å². The summed E-state index contributed by atoms with van der Waals surface area (Å²) < 4.78 is 1.90. The molecular weight excluding hydrogens is 350 g/mol. The molecule has 0 fully saturated rings. The number of hydrogen-bond acceptors (Lipinski definition) is 4. The fourth-order valence-corrected chi connectivity index (χ4v) is 2.57. The van der Waals surface area contributed by atoms with Crippen LogP contribution >= 0.6 is 12.4 Å². The Morgan fingerprint density at radius 3 is 2.73 bits per heavy atom. The lowest BCUT2D eigenvalue weighted by Crippen LogP contribution is -2.12. The summed E-state index contributed by atoms with van der Waals surface area (Å²) in [6.45, 7) is 2.52. The highest BCUT2D eigenvalue weighted by Gasteiger charge is 2.09. The number of fused-ring (bicyclic) bond motifs is 1. The highest BCUT2D eigenvalue weighted by atomic mass is 35.5. The molecule has 1 heterocycles. The van der Waals surface area contributed by atoms with Gasteiger partial charge in [-0.1, -0.05) is 54.9 Å². The van der Waals surface area contributed by atoms with Crippen LogP contribution in [-0.2, 0) is 16.2 Å². The van der Waals surface area contributed by atoms with Gasteiger partial charge in [-0.05, 0) is 23.3 Å². The number of halogens is 1. The van der Waals surface area contributed by atoms with Crippen LogP contribution < -0.4 is 0 Å². The molecule has 3 aromatic rings. The molecule has 3 rings (SSSR count). The molecule has 0 amide bonds. The van der Waals surface area contributed by atoms with Crippen LogP contribution in [0, 0.1) is 0 Å². The second kappa shape index (κ2) is 9.73. The minimum absolute atomic E-state index is 0. The lowest BCUT2D eigenvalue weighted by atomic mass is 10.0. The van der Waals surface area contributed by atoms with E-state index in [9.17, 15) is 4.79 Å². The predicted octanol–water partition coefficient (Wildman–Crippen LogP) is 4.60. The van der Waals surface area contributed by atoms with Gasteiger partial charge in [-0.25, -0.2) is 9.78 Å². The second-order valence-electron chi connectivity index (χ2n) is 5.90. The summed E-state index contributed by atoms with van der Waals surface area (Å²) in [6.07, 6.45) is 7.43. The number of carbonyl (C=O) groups is 1. The van der Waals surface area contributed by atoms with Crippen molar-refractivity contribution in [3.8, 4) is 0 Å². The average molecular weight is 372 g/mol. The zero-order chi connectivity index (χ0) is 17.5. The number of aromatic nitrogens is 2. The van der Waals surface area contributed by atoms with E-state index in [1.165, 1.54) is 0 Å². The summed E-state index contributed by atoms with van der Waals surface area (Å²) in [5.74, 6) is -0.300. The van der Waals surface area contributed by atoms with Gasteiger partial charge in [0.2, 0.25) is 0 Å². The van der Waals surface area contributed by atoms with Crippen molar-refractivity contribution in [2.45, 2.75) is 32.7 Å². The molecule has 5 nitrogen and oxygen atoms in total. The number of oxime groups is 1. The average Bonchev–Trinajstić information content (AvgIpc) is 3.16. The van der Waals surface area contributed by atoms with Gasteiger partial charge >= 0.3 is 5.97 Å². The predicted molar refractivity (Wildman–Crippen MR) is 106 cm³/mol. The van der Waals surface area contributed by atoms with Crippen molar-refractivity contribution in [2.75, 3.05) is 0 Å². The van der Waals surface area contributed by atoms with Crippen molar-refractivity contribution < 1.29 is 9.63 Å². The fourth-order valence-electron chi connectivity index (χ4n) is 2.57. The van der Waals surface area contributed by atoms with Crippen LogP contribution in [0.2, 0.25) is 0 Å². The smallest absolute Gasteiger partial charge is 0.331 e. The van der Waals surface area contributed by atoms with Crippen LogP contribution in [0.25, 0.3) is 10.8 Å². The molecule has 0 aliphatic carbocycles. The van der Waals surface area contributed by atoms with E-state index >= 15 is 0 Å². The number of benzene rings is 2. The second-order valence-corrected chi connectivity index (χ2v) is 5.90. The summed E-state index contributed by atoms with van der Waals surface area (Å²) in [5.41, 5.74) is 1.62. The highest BCUT2D eigenvalue weighted by molar-refractivity contribution is 6.03. The maximum Gasteiger partial charge on any atom is 0.335 e. The topological polar surface area (TPSA) is 56.5 Å². The van der Waals surface area contributed by atoms with E-state index < -0.39 is 0 Å². The largest absolute Gasteiger partial charge is 0.335 e. The molecule has 0 aliphatic heterocycles. The van der Waals surface area contributed by atoms with Gasteiger partial charge in [-0.3, -0.25) is 0 Å². The summed E-state index contributed by atoms with van der Waals surface area (Å²) in [6, 6.07) is 14.2. The Balaban J connectivity index is 0.00000243. The van der Waals surface area contributed by atoms with E-state index in [-0.39, 0.29) is 18.4 Å². The maximum absolute atomic E-state index is 11.8. The van der Waals surface area contributed by atoms with E-state index in [1.807, 2.05) is 42.0 Å². The molecule has 136 valence electrons. The Kier molecular flexibility index (Phi) is 7.36. The van der Waals surface area contributed by atoms with Crippen LogP contribution in [0.4, 0.5) is 0 Å². The number of carbonyl (C=O) groups excluding carboxylic acids is 1. The zero-order valence-corrected chi connectivity index (χ0v) is 15.5. The van der Waals surface area contributed by atoms with Gasteiger partial charge < -0.3 is 9.40 Å². The number of nitrogens with zero attached hydrogens (tertiary/aromatic N) is 3. The van der Waals surface area contributed by atoms with Crippen LogP contribution in [0.1, 0.15) is 31.7 Å². The first-order chi connectivity index (χ1) is 12.3. The number of rotatable bonds is 7. The van der Waals surface area contributed by atoms with Crippen molar-refractivity contribution in [3.63, 3.8) is 0 Å². The molecule has 0 saturated carbocycles. The van der Waals surface area contributed by atoms with E-state index in [1.54, 1.807) is 12.5 Å². The summed E-state index contributed by atoms with van der Waals surface area (Å²) in [4.78, 5) is 21.0. The molecule has 0 spiro atoms. The van der Waals surface area contributed by atoms with Crippen molar-refractivity contribution in [1.29, 1.82) is 0 Å². The minimum Gasteiger partial charge on any atom is -0.331 e. The summed E-state index contributed by atoms with van der Waals surface area (Å²) in [5, 5.41) is 6.43. The highest BCUT2D eigenvalue weighted by Crippen LogP contribution is 2.17. The molecule has 0 unspecified atom stereocenters. The van der Waals surface area contributed by atoms with Gasteiger partial charge in [-0.2, -0.15) is 0 Å². The molecule has 0 aliphatic rings. The Hall–Kier alpha value is -2.66. The van der Waals surface area contributed by atoms with Crippen LogP contribution in [-0.4, -0.2) is 21.2 Å². The quantitative estimate of drug-likeness (QED) is 0.346. The molecule has 6 heteroatoms. The molecule has 0 atom stereocenters. The zero-order valence-electron chi connectivity index (χ0n) is 14.7. The van der Waals surface area contributed by atoms with Crippen LogP contribution in [0.15, 0.2) is 66.3 Å². The standard InChI is InChI=1S/C20H21N3O2.ClH/c1-2-3-8-20(24)25-22-19(14-23-12-11-21-15-23)18-10-9-16-6-4-5-7-17(16)13-18;/h4-7,9-13,15H,2-3,8,14H2,1H3;1H/b22-19-;. The van der Waals surface area contributed by atoms with E-state index in [0.717, 1.165) is 29.2 Å². The van der Waals surface area contributed by atoms with Crippen molar-refractivity contribution in [3.05, 3.63) is 66.7 Å². The minimum atomic E-state index is -0.300. The van der Waals surface area contributed by atoms with Gasteiger partial charge in [0, 0.05) is 24.4 Å². The van der Waals surface area contributed by atoms with Crippen LogP contribution in [0.5, 0.6) is 0 Å². The van der Waals surface area contributed by atoms with Crippen molar-refractivity contribution in [1.82, 2.24) is 9.55 Å². The van der Waals surface area contributed by atoms with E-state index in [0.29, 0.717) is 18.7 Å². The molecule has 0 radical (unpaired) electrons. The molecule has 2 aromatic carbocycles. The first-order valence-electron chi connectivity index (χ1n) is 8.48. The van der Waals surface area contributed by atoms with Gasteiger partial charge in [-0.15, -0.1) is 12.4 Å². The third kappa shape index (κ3) is 5.17. The van der Waals surface area contributed by atoms with Crippen LogP contribution in [0.3, 0.4) is 0 Å². The summed E-state index contributed by atoms with van der Waals surface area (Å²) >= 11 is 0. The van der Waals surface area contributed by atoms with E-state index in [2.05, 4.69) is 28.3 Å². The Labute approximate surface area is 159 Å². The number of hydrogen-bond donors (Lipinski definition) is 0. The third-order valence-electron chi connectivity index (χ3n) is 3.97. The lowest BCUT2D eigenvalue weighted by Gasteiger charge is -2.09. The number of unbranched alkanes of at least 4 members (excludes halogenated alkanes) is 1.